The predicted molar refractivity (Wildman–Crippen MR) is 128 cm³/mol. The molecule has 1 N–H and O–H groups in total. The van der Waals surface area contributed by atoms with Crippen molar-refractivity contribution in [1.29, 1.82) is 0 Å². The van der Waals surface area contributed by atoms with Gasteiger partial charge in [0.1, 0.15) is 11.4 Å². The van der Waals surface area contributed by atoms with E-state index in [1.807, 2.05) is 73.7 Å². The second-order valence-corrected chi connectivity index (χ2v) is 7.89. The van der Waals surface area contributed by atoms with Gasteiger partial charge >= 0.3 is 0 Å². The number of para-hydroxylation sites is 1. The van der Waals surface area contributed by atoms with Gasteiger partial charge in [0.2, 0.25) is 0 Å². The number of amides is 2. The van der Waals surface area contributed by atoms with E-state index >= 15 is 0 Å². The molecule has 0 aliphatic carbocycles. The Morgan fingerprint density at radius 2 is 1.50 bits per heavy atom. The molecule has 162 valence electrons. The molecule has 0 unspecified atom stereocenters. The van der Waals surface area contributed by atoms with E-state index in [-0.39, 0.29) is 17.5 Å². The molecule has 1 aliphatic rings. The van der Waals surface area contributed by atoms with E-state index in [0.29, 0.717) is 35.1 Å². The average molecular weight is 427 g/mol. The summed E-state index contributed by atoms with van der Waals surface area (Å²) in [6, 6.07) is 24.1. The maximum absolute atomic E-state index is 13.4. The van der Waals surface area contributed by atoms with Crippen molar-refractivity contribution in [3.63, 3.8) is 0 Å². The van der Waals surface area contributed by atoms with Gasteiger partial charge in [0.05, 0.1) is 17.9 Å². The van der Waals surface area contributed by atoms with Crippen LogP contribution in [0.25, 0.3) is 5.57 Å². The molecule has 0 bridgehead atoms. The van der Waals surface area contributed by atoms with Crippen molar-refractivity contribution in [1.82, 2.24) is 0 Å². The second-order valence-electron chi connectivity index (χ2n) is 7.89. The van der Waals surface area contributed by atoms with Gasteiger partial charge in [0.15, 0.2) is 0 Å². The molecular weight excluding hydrogens is 400 g/mol. The monoisotopic (exact) mass is 426 g/mol. The molecule has 5 nitrogen and oxygen atoms in total. The summed E-state index contributed by atoms with van der Waals surface area (Å²) in [6.45, 7) is 6.73. The number of carbonyl (C=O) groups excluding carboxylic acids is 2. The summed E-state index contributed by atoms with van der Waals surface area (Å²) in [5.41, 5.74) is 3.76. The fraction of sp³-hybridized carbons (Fsp3) is 0.185. The Morgan fingerprint density at radius 1 is 0.844 bits per heavy atom. The maximum Gasteiger partial charge on any atom is 0.282 e. The van der Waals surface area contributed by atoms with E-state index in [4.69, 9.17) is 4.74 Å². The third kappa shape index (κ3) is 4.14. The van der Waals surface area contributed by atoms with Crippen LogP contribution >= 0.6 is 0 Å². The summed E-state index contributed by atoms with van der Waals surface area (Å²) in [6.07, 6.45) is 0. The first-order valence-corrected chi connectivity index (χ1v) is 10.8. The van der Waals surface area contributed by atoms with Gasteiger partial charge in [-0.2, -0.15) is 0 Å². The van der Waals surface area contributed by atoms with Crippen molar-refractivity contribution in [3.05, 3.63) is 95.7 Å². The molecule has 32 heavy (non-hydrogen) atoms. The van der Waals surface area contributed by atoms with Gasteiger partial charge in [0, 0.05) is 5.69 Å². The molecule has 0 aromatic heterocycles. The summed E-state index contributed by atoms with van der Waals surface area (Å²) in [7, 11) is 0. The van der Waals surface area contributed by atoms with E-state index in [2.05, 4.69) is 19.2 Å². The first-order valence-electron chi connectivity index (χ1n) is 10.8. The summed E-state index contributed by atoms with van der Waals surface area (Å²) < 4.78 is 5.52. The SMILES string of the molecule is CCOc1ccc(C2=C(Nc3ccc(C(C)C)cc3)C(=O)N(c3ccccc3)C2=O)cc1. The van der Waals surface area contributed by atoms with E-state index in [9.17, 15) is 9.59 Å². The summed E-state index contributed by atoms with van der Waals surface area (Å²) in [4.78, 5) is 28.1. The van der Waals surface area contributed by atoms with E-state index < -0.39 is 0 Å². The van der Waals surface area contributed by atoms with Crippen LogP contribution in [0.4, 0.5) is 11.4 Å². The smallest absolute Gasteiger partial charge is 0.282 e. The van der Waals surface area contributed by atoms with Crippen LogP contribution in [-0.4, -0.2) is 18.4 Å². The minimum atomic E-state index is -0.377. The molecule has 0 fully saturated rings. The molecule has 2 amide bonds. The Morgan fingerprint density at radius 3 is 2.09 bits per heavy atom. The summed E-state index contributed by atoms with van der Waals surface area (Å²) in [5, 5.41) is 3.21. The number of imide groups is 1. The number of benzene rings is 3. The molecule has 3 aromatic rings. The van der Waals surface area contributed by atoms with Gasteiger partial charge < -0.3 is 10.1 Å². The molecule has 0 spiro atoms. The lowest BCUT2D eigenvalue weighted by molar-refractivity contribution is -0.120. The molecule has 0 atom stereocenters. The zero-order valence-electron chi connectivity index (χ0n) is 18.5. The third-order valence-electron chi connectivity index (χ3n) is 5.40. The van der Waals surface area contributed by atoms with E-state index in [1.165, 1.54) is 10.5 Å². The Balaban J connectivity index is 1.75. The highest BCUT2D eigenvalue weighted by molar-refractivity contribution is 6.46. The zero-order valence-corrected chi connectivity index (χ0v) is 18.5. The topological polar surface area (TPSA) is 58.6 Å². The highest BCUT2D eigenvalue weighted by Crippen LogP contribution is 2.34. The molecular formula is C27H26N2O3. The minimum absolute atomic E-state index is 0.264. The Kier molecular flexibility index (Phi) is 6.08. The minimum Gasteiger partial charge on any atom is -0.494 e. The molecule has 4 rings (SSSR count). The molecule has 1 aliphatic heterocycles. The van der Waals surface area contributed by atoms with Gasteiger partial charge in [0.25, 0.3) is 11.8 Å². The number of rotatable bonds is 7. The van der Waals surface area contributed by atoms with Crippen LogP contribution in [-0.2, 0) is 9.59 Å². The van der Waals surface area contributed by atoms with Crippen LogP contribution < -0.4 is 15.0 Å². The average Bonchev–Trinajstić information content (AvgIpc) is 3.05. The van der Waals surface area contributed by atoms with Crippen molar-refractivity contribution in [2.75, 3.05) is 16.8 Å². The van der Waals surface area contributed by atoms with Crippen molar-refractivity contribution in [3.8, 4) is 5.75 Å². The lowest BCUT2D eigenvalue weighted by Gasteiger charge is -2.15. The lowest BCUT2D eigenvalue weighted by atomic mass is 10.0. The van der Waals surface area contributed by atoms with E-state index in [0.717, 1.165) is 5.69 Å². The summed E-state index contributed by atoms with van der Waals surface area (Å²) >= 11 is 0. The number of nitrogens with one attached hydrogen (secondary N) is 1. The van der Waals surface area contributed by atoms with Crippen molar-refractivity contribution in [2.45, 2.75) is 26.7 Å². The normalized spacial score (nSPS) is 13.8. The van der Waals surface area contributed by atoms with Crippen LogP contribution in [0.1, 0.15) is 37.8 Å². The zero-order chi connectivity index (χ0) is 22.7. The second kappa shape index (κ2) is 9.10. The van der Waals surface area contributed by atoms with Crippen molar-refractivity contribution in [2.24, 2.45) is 0 Å². The molecule has 0 saturated carbocycles. The van der Waals surface area contributed by atoms with Crippen molar-refractivity contribution >= 4 is 28.8 Å². The van der Waals surface area contributed by atoms with Gasteiger partial charge in [-0.1, -0.05) is 56.3 Å². The number of hydrogen-bond donors (Lipinski definition) is 1. The highest BCUT2D eigenvalue weighted by atomic mass is 16.5. The fourth-order valence-electron chi connectivity index (χ4n) is 3.71. The maximum atomic E-state index is 13.4. The first-order chi connectivity index (χ1) is 15.5. The molecule has 3 aromatic carbocycles. The van der Waals surface area contributed by atoms with Gasteiger partial charge in [-0.25, -0.2) is 4.90 Å². The molecule has 1 heterocycles. The van der Waals surface area contributed by atoms with Crippen LogP contribution in [0.5, 0.6) is 5.75 Å². The van der Waals surface area contributed by atoms with Gasteiger partial charge in [-0.15, -0.1) is 0 Å². The number of anilines is 2. The standard InChI is InChI=1S/C27H26N2O3/c1-4-32-23-16-12-20(13-17-23)24-25(28-21-14-10-19(11-15-21)18(2)3)27(31)29(26(24)30)22-8-6-5-7-9-22/h5-18,28H,4H2,1-3H3. The van der Waals surface area contributed by atoms with Crippen LogP contribution in [0.3, 0.4) is 0 Å². The molecule has 5 heteroatoms. The van der Waals surface area contributed by atoms with Crippen LogP contribution in [0.15, 0.2) is 84.6 Å². The molecule has 0 radical (unpaired) electrons. The number of hydrogen-bond acceptors (Lipinski definition) is 4. The van der Waals surface area contributed by atoms with Gasteiger partial charge in [-0.05, 0) is 60.4 Å². The largest absolute Gasteiger partial charge is 0.494 e. The first kappa shape index (κ1) is 21.4. The quantitative estimate of drug-likeness (QED) is 0.499. The van der Waals surface area contributed by atoms with Crippen LogP contribution in [0.2, 0.25) is 0 Å². The summed E-state index contributed by atoms with van der Waals surface area (Å²) in [5.74, 6) is 0.392. The fourth-order valence-corrected chi connectivity index (χ4v) is 3.71. The van der Waals surface area contributed by atoms with E-state index in [1.54, 1.807) is 12.1 Å². The third-order valence-corrected chi connectivity index (χ3v) is 5.40. The predicted octanol–water partition coefficient (Wildman–Crippen LogP) is 5.61. The van der Waals surface area contributed by atoms with Gasteiger partial charge in [-0.3, -0.25) is 9.59 Å². The Hall–Kier alpha value is -3.86. The number of ether oxygens (including phenoxy) is 1. The van der Waals surface area contributed by atoms with Crippen LogP contribution in [0, 0.1) is 0 Å². The Bertz CT molecular complexity index is 1150. The van der Waals surface area contributed by atoms with Crippen molar-refractivity contribution < 1.29 is 14.3 Å². The highest BCUT2D eigenvalue weighted by Gasteiger charge is 2.40. The number of carbonyl (C=O) groups is 2. The Labute approximate surface area is 188 Å². The number of nitrogens with zero attached hydrogens (tertiary/aromatic N) is 1. The molecule has 0 saturated heterocycles. The lowest BCUT2D eigenvalue weighted by Crippen LogP contribution is -2.32.